The average molecular weight is 284 g/mol. The van der Waals surface area contributed by atoms with Crippen LogP contribution in [0.4, 0.5) is 17.6 Å². The standard InChI is InChI=1S/C14H8F4O2/c15-13-10(8-19)2-1-3-12(13)9-4-6-11(7-5-9)20-14(16,17)18/h1-8H. The molecule has 20 heavy (non-hydrogen) atoms. The molecule has 0 radical (unpaired) electrons. The number of rotatable bonds is 3. The van der Waals surface area contributed by atoms with Crippen LogP contribution in [0, 0.1) is 5.82 Å². The van der Waals surface area contributed by atoms with E-state index in [1.807, 2.05) is 0 Å². The quantitative estimate of drug-likeness (QED) is 0.623. The lowest BCUT2D eigenvalue weighted by Crippen LogP contribution is -2.16. The maximum Gasteiger partial charge on any atom is 0.573 e. The van der Waals surface area contributed by atoms with Crippen LogP contribution in [0.3, 0.4) is 0 Å². The zero-order chi connectivity index (χ0) is 14.8. The van der Waals surface area contributed by atoms with Gasteiger partial charge < -0.3 is 4.74 Å². The van der Waals surface area contributed by atoms with E-state index >= 15 is 0 Å². The van der Waals surface area contributed by atoms with Crippen LogP contribution in [0.1, 0.15) is 10.4 Å². The summed E-state index contributed by atoms with van der Waals surface area (Å²) in [4.78, 5) is 10.6. The minimum atomic E-state index is -4.77. The molecule has 0 aliphatic heterocycles. The summed E-state index contributed by atoms with van der Waals surface area (Å²) < 4.78 is 53.6. The van der Waals surface area contributed by atoms with Crippen LogP contribution in [-0.2, 0) is 0 Å². The second-order valence-electron chi connectivity index (χ2n) is 3.90. The van der Waals surface area contributed by atoms with Gasteiger partial charge in [0.15, 0.2) is 6.29 Å². The molecule has 2 aromatic carbocycles. The molecule has 0 atom stereocenters. The van der Waals surface area contributed by atoms with Crippen molar-refractivity contribution in [3.63, 3.8) is 0 Å². The van der Waals surface area contributed by atoms with Gasteiger partial charge in [-0.2, -0.15) is 0 Å². The summed E-state index contributed by atoms with van der Waals surface area (Å²) in [5.41, 5.74) is 0.368. The monoisotopic (exact) mass is 284 g/mol. The van der Waals surface area contributed by atoms with E-state index in [9.17, 15) is 22.4 Å². The second kappa shape index (κ2) is 5.32. The van der Waals surface area contributed by atoms with Crippen molar-refractivity contribution in [2.75, 3.05) is 0 Å². The fraction of sp³-hybridized carbons (Fsp3) is 0.0714. The highest BCUT2D eigenvalue weighted by Gasteiger charge is 2.30. The van der Waals surface area contributed by atoms with Gasteiger partial charge in [-0.05, 0) is 23.8 Å². The lowest BCUT2D eigenvalue weighted by atomic mass is 10.0. The molecule has 0 aliphatic carbocycles. The summed E-state index contributed by atoms with van der Waals surface area (Å²) in [6.07, 6.45) is -4.40. The zero-order valence-electron chi connectivity index (χ0n) is 9.95. The van der Waals surface area contributed by atoms with Crippen LogP contribution in [0.15, 0.2) is 42.5 Å². The highest BCUT2D eigenvalue weighted by molar-refractivity contribution is 5.79. The average Bonchev–Trinajstić information content (AvgIpc) is 2.38. The first-order chi connectivity index (χ1) is 9.40. The first-order valence-corrected chi connectivity index (χ1v) is 5.50. The van der Waals surface area contributed by atoms with Gasteiger partial charge in [0.05, 0.1) is 5.56 Å². The molecule has 0 N–H and O–H groups in total. The summed E-state index contributed by atoms with van der Waals surface area (Å²) in [6, 6.07) is 8.96. The normalized spacial score (nSPS) is 11.2. The Morgan fingerprint density at radius 2 is 1.65 bits per heavy atom. The predicted molar refractivity (Wildman–Crippen MR) is 63.9 cm³/mol. The lowest BCUT2D eigenvalue weighted by Gasteiger charge is -2.10. The Bertz CT molecular complexity index is 618. The predicted octanol–water partition coefficient (Wildman–Crippen LogP) is 4.20. The van der Waals surface area contributed by atoms with Gasteiger partial charge in [0, 0.05) is 5.56 Å². The van der Waals surface area contributed by atoms with Gasteiger partial charge in [-0.25, -0.2) is 4.39 Å². The fourth-order valence-corrected chi connectivity index (χ4v) is 1.70. The number of benzene rings is 2. The van der Waals surface area contributed by atoms with E-state index in [0.29, 0.717) is 11.8 Å². The molecule has 2 nitrogen and oxygen atoms in total. The molecule has 104 valence electrons. The van der Waals surface area contributed by atoms with Crippen LogP contribution in [0.2, 0.25) is 0 Å². The van der Waals surface area contributed by atoms with Crippen molar-refractivity contribution in [3.8, 4) is 16.9 Å². The van der Waals surface area contributed by atoms with E-state index in [4.69, 9.17) is 0 Å². The molecule has 0 unspecified atom stereocenters. The maximum atomic E-state index is 13.9. The Morgan fingerprint density at radius 3 is 2.20 bits per heavy atom. The third kappa shape index (κ3) is 3.14. The molecule has 0 spiro atoms. The number of halogens is 4. The fourth-order valence-electron chi connectivity index (χ4n) is 1.70. The number of carbonyl (C=O) groups excluding carboxylic acids is 1. The minimum absolute atomic E-state index is 0.113. The van der Waals surface area contributed by atoms with Gasteiger partial charge in [-0.3, -0.25) is 4.79 Å². The van der Waals surface area contributed by atoms with Crippen LogP contribution in [0.25, 0.3) is 11.1 Å². The zero-order valence-corrected chi connectivity index (χ0v) is 9.95. The lowest BCUT2D eigenvalue weighted by molar-refractivity contribution is -0.274. The molecule has 6 heteroatoms. The van der Waals surface area contributed by atoms with Gasteiger partial charge in [0.1, 0.15) is 11.6 Å². The summed E-state index contributed by atoms with van der Waals surface area (Å²) in [5, 5.41) is 0. The molecule has 0 heterocycles. The van der Waals surface area contributed by atoms with Crippen molar-refractivity contribution in [3.05, 3.63) is 53.8 Å². The number of alkyl halides is 3. The Morgan fingerprint density at radius 1 is 1.00 bits per heavy atom. The molecule has 0 fully saturated rings. The number of carbonyl (C=O) groups is 1. The largest absolute Gasteiger partial charge is 0.573 e. The van der Waals surface area contributed by atoms with E-state index in [1.165, 1.54) is 30.3 Å². The third-order valence-electron chi connectivity index (χ3n) is 2.55. The van der Waals surface area contributed by atoms with Crippen molar-refractivity contribution < 1.29 is 27.1 Å². The Labute approximate surface area is 111 Å². The summed E-state index contributed by atoms with van der Waals surface area (Å²) in [5.74, 6) is -1.11. The van der Waals surface area contributed by atoms with Crippen LogP contribution < -0.4 is 4.74 Å². The number of ether oxygens (including phenoxy) is 1. The summed E-state index contributed by atoms with van der Waals surface area (Å²) in [6.45, 7) is 0. The smallest absolute Gasteiger partial charge is 0.406 e. The van der Waals surface area contributed by atoms with Gasteiger partial charge in [0.25, 0.3) is 0 Å². The molecular formula is C14H8F4O2. The van der Waals surface area contributed by atoms with Crippen LogP contribution in [0.5, 0.6) is 5.75 Å². The van der Waals surface area contributed by atoms with Crippen molar-refractivity contribution >= 4 is 6.29 Å². The van der Waals surface area contributed by atoms with Crippen molar-refractivity contribution in [1.82, 2.24) is 0 Å². The first kappa shape index (κ1) is 14.0. The summed E-state index contributed by atoms with van der Waals surface area (Å²) in [7, 11) is 0. The van der Waals surface area contributed by atoms with Crippen LogP contribution >= 0.6 is 0 Å². The van der Waals surface area contributed by atoms with E-state index in [2.05, 4.69) is 4.74 Å². The van der Waals surface area contributed by atoms with E-state index in [-0.39, 0.29) is 11.1 Å². The highest BCUT2D eigenvalue weighted by atomic mass is 19.4. The molecule has 2 rings (SSSR count). The van der Waals surface area contributed by atoms with Gasteiger partial charge in [0.2, 0.25) is 0 Å². The molecule has 0 bridgehead atoms. The van der Waals surface area contributed by atoms with E-state index < -0.39 is 17.9 Å². The number of hydrogen-bond acceptors (Lipinski definition) is 2. The van der Waals surface area contributed by atoms with Crippen LogP contribution in [-0.4, -0.2) is 12.6 Å². The van der Waals surface area contributed by atoms with E-state index in [0.717, 1.165) is 12.1 Å². The Balaban J connectivity index is 2.33. The van der Waals surface area contributed by atoms with Crippen molar-refractivity contribution in [2.24, 2.45) is 0 Å². The second-order valence-corrected chi connectivity index (χ2v) is 3.90. The Kier molecular flexibility index (Phi) is 3.74. The molecule has 0 aliphatic rings. The molecular weight excluding hydrogens is 276 g/mol. The Hall–Kier alpha value is -2.37. The van der Waals surface area contributed by atoms with Gasteiger partial charge >= 0.3 is 6.36 Å². The van der Waals surface area contributed by atoms with Crippen molar-refractivity contribution in [2.45, 2.75) is 6.36 Å². The third-order valence-corrected chi connectivity index (χ3v) is 2.55. The van der Waals surface area contributed by atoms with E-state index in [1.54, 1.807) is 0 Å². The van der Waals surface area contributed by atoms with Crippen molar-refractivity contribution in [1.29, 1.82) is 0 Å². The van der Waals surface area contributed by atoms with Gasteiger partial charge in [-0.1, -0.05) is 24.3 Å². The molecule has 0 aromatic heterocycles. The SMILES string of the molecule is O=Cc1cccc(-c2ccc(OC(F)(F)F)cc2)c1F. The maximum absolute atomic E-state index is 13.9. The topological polar surface area (TPSA) is 26.3 Å². The minimum Gasteiger partial charge on any atom is -0.406 e. The van der Waals surface area contributed by atoms with Gasteiger partial charge in [-0.15, -0.1) is 13.2 Å². The number of aldehydes is 1. The molecule has 2 aromatic rings. The molecule has 0 saturated carbocycles. The summed E-state index contributed by atoms with van der Waals surface area (Å²) >= 11 is 0. The molecule has 0 amide bonds. The molecule has 0 saturated heterocycles. The first-order valence-electron chi connectivity index (χ1n) is 5.50. The highest BCUT2D eigenvalue weighted by Crippen LogP contribution is 2.28. The number of hydrogen-bond donors (Lipinski definition) is 0.